The zero-order chi connectivity index (χ0) is 11.2. The van der Waals surface area contributed by atoms with Gasteiger partial charge in [0, 0.05) is 25.9 Å². The molecule has 0 aliphatic carbocycles. The number of rotatable bonds is 6. The summed E-state index contributed by atoms with van der Waals surface area (Å²) >= 11 is 0. The van der Waals surface area contributed by atoms with Crippen LogP contribution < -0.4 is 5.32 Å². The normalized spacial score (nSPS) is 20.4. The molecular formula is C11H20N4O. The second kappa shape index (κ2) is 5.96. The van der Waals surface area contributed by atoms with Gasteiger partial charge in [-0.3, -0.25) is 4.68 Å². The molecule has 1 unspecified atom stereocenters. The van der Waals surface area contributed by atoms with Gasteiger partial charge in [-0.1, -0.05) is 12.1 Å². The van der Waals surface area contributed by atoms with Gasteiger partial charge in [-0.15, -0.1) is 5.10 Å². The van der Waals surface area contributed by atoms with Crippen molar-refractivity contribution >= 4 is 0 Å². The molecule has 16 heavy (non-hydrogen) atoms. The molecule has 1 aromatic rings. The van der Waals surface area contributed by atoms with E-state index in [0.29, 0.717) is 6.10 Å². The van der Waals surface area contributed by atoms with Gasteiger partial charge in [0.15, 0.2) is 0 Å². The number of nitrogens with zero attached hydrogens (tertiary/aromatic N) is 3. The highest BCUT2D eigenvalue weighted by Gasteiger charge is 2.15. The minimum atomic E-state index is 0.432. The SMILES string of the molecule is CCNCc1cn(CCC2CCCO2)nn1. The van der Waals surface area contributed by atoms with Gasteiger partial charge in [-0.05, 0) is 25.8 Å². The van der Waals surface area contributed by atoms with E-state index >= 15 is 0 Å². The second-order valence-electron chi connectivity index (χ2n) is 4.18. The highest BCUT2D eigenvalue weighted by Crippen LogP contribution is 2.15. The summed E-state index contributed by atoms with van der Waals surface area (Å²) in [5.74, 6) is 0. The maximum atomic E-state index is 5.57. The number of ether oxygens (including phenoxy) is 1. The van der Waals surface area contributed by atoms with E-state index in [4.69, 9.17) is 4.74 Å². The third kappa shape index (κ3) is 3.28. The number of aryl methyl sites for hydroxylation is 1. The first-order chi connectivity index (χ1) is 7.88. The highest BCUT2D eigenvalue weighted by molar-refractivity contribution is 4.91. The Bertz CT molecular complexity index is 307. The molecule has 1 saturated heterocycles. The van der Waals surface area contributed by atoms with Gasteiger partial charge in [0.1, 0.15) is 0 Å². The molecule has 1 fully saturated rings. The third-order valence-corrected chi connectivity index (χ3v) is 2.85. The molecule has 0 bridgehead atoms. The maximum absolute atomic E-state index is 5.57. The molecule has 0 aromatic carbocycles. The first-order valence-corrected chi connectivity index (χ1v) is 6.10. The lowest BCUT2D eigenvalue weighted by atomic mass is 10.2. The van der Waals surface area contributed by atoms with Crippen molar-refractivity contribution in [2.75, 3.05) is 13.2 Å². The largest absolute Gasteiger partial charge is 0.378 e. The minimum Gasteiger partial charge on any atom is -0.378 e. The monoisotopic (exact) mass is 224 g/mol. The summed E-state index contributed by atoms with van der Waals surface area (Å²) in [6.45, 7) is 5.68. The third-order valence-electron chi connectivity index (χ3n) is 2.85. The van der Waals surface area contributed by atoms with E-state index in [1.165, 1.54) is 12.8 Å². The average Bonchev–Trinajstić information content (AvgIpc) is 2.95. The van der Waals surface area contributed by atoms with Crippen molar-refractivity contribution in [2.45, 2.75) is 45.4 Å². The lowest BCUT2D eigenvalue weighted by molar-refractivity contribution is 0.0993. The molecule has 1 atom stereocenters. The first kappa shape index (κ1) is 11.5. The Morgan fingerprint density at radius 3 is 3.31 bits per heavy atom. The summed E-state index contributed by atoms with van der Waals surface area (Å²) in [6.07, 6.45) is 5.88. The number of hydrogen-bond acceptors (Lipinski definition) is 4. The Hall–Kier alpha value is -0.940. The van der Waals surface area contributed by atoms with E-state index in [2.05, 4.69) is 22.6 Å². The number of aromatic nitrogens is 3. The predicted octanol–water partition coefficient (Wildman–Crippen LogP) is 0.957. The molecule has 0 spiro atoms. The molecule has 2 heterocycles. The van der Waals surface area contributed by atoms with Crippen LogP contribution in [0.2, 0.25) is 0 Å². The van der Waals surface area contributed by atoms with Crippen molar-refractivity contribution in [2.24, 2.45) is 0 Å². The Balaban J connectivity index is 1.73. The Morgan fingerprint density at radius 2 is 2.56 bits per heavy atom. The molecule has 1 aliphatic rings. The molecule has 0 amide bonds. The summed E-state index contributed by atoms with van der Waals surface area (Å²) in [5.41, 5.74) is 1.01. The van der Waals surface area contributed by atoms with E-state index in [-0.39, 0.29) is 0 Å². The highest BCUT2D eigenvalue weighted by atomic mass is 16.5. The van der Waals surface area contributed by atoms with Crippen LogP contribution in [0.25, 0.3) is 0 Å². The van der Waals surface area contributed by atoms with Gasteiger partial charge in [0.2, 0.25) is 0 Å². The molecule has 90 valence electrons. The van der Waals surface area contributed by atoms with Crippen molar-refractivity contribution in [1.29, 1.82) is 0 Å². The average molecular weight is 224 g/mol. The fourth-order valence-electron chi connectivity index (χ4n) is 1.93. The van der Waals surface area contributed by atoms with E-state index in [0.717, 1.165) is 38.4 Å². The summed E-state index contributed by atoms with van der Waals surface area (Å²) in [4.78, 5) is 0. The van der Waals surface area contributed by atoms with E-state index < -0.39 is 0 Å². The Kier molecular flexibility index (Phi) is 4.30. The lowest BCUT2D eigenvalue weighted by Gasteiger charge is -2.07. The van der Waals surface area contributed by atoms with E-state index in [9.17, 15) is 0 Å². The molecule has 1 N–H and O–H groups in total. The predicted molar refractivity (Wildman–Crippen MR) is 61.0 cm³/mol. The Morgan fingerprint density at radius 1 is 1.62 bits per heavy atom. The summed E-state index contributed by atoms with van der Waals surface area (Å²) in [6, 6.07) is 0. The van der Waals surface area contributed by atoms with Gasteiger partial charge in [-0.2, -0.15) is 0 Å². The van der Waals surface area contributed by atoms with Crippen LogP contribution in [0.15, 0.2) is 6.20 Å². The summed E-state index contributed by atoms with van der Waals surface area (Å²) in [7, 11) is 0. The molecule has 5 heteroatoms. The van der Waals surface area contributed by atoms with Gasteiger partial charge >= 0.3 is 0 Å². The van der Waals surface area contributed by atoms with Crippen LogP contribution in [0.4, 0.5) is 0 Å². The lowest BCUT2D eigenvalue weighted by Crippen LogP contribution is -2.12. The van der Waals surface area contributed by atoms with Crippen LogP contribution in [0.1, 0.15) is 31.9 Å². The van der Waals surface area contributed by atoms with Gasteiger partial charge < -0.3 is 10.1 Å². The minimum absolute atomic E-state index is 0.432. The van der Waals surface area contributed by atoms with Gasteiger partial charge in [0.25, 0.3) is 0 Å². The molecule has 1 aromatic heterocycles. The molecule has 5 nitrogen and oxygen atoms in total. The topological polar surface area (TPSA) is 52.0 Å². The maximum Gasteiger partial charge on any atom is 0.0964 e. The van der Waals surface area contributed by atoms with Crippen molar-refractivity contribution in [3.63, 3.8) is 0 Å². The molecular weight excluding hydrogens is 204 g/mol. The van der Waals surface area contributed by atoms with Gasteiger partial charge in [0.05, 0.1) is 11.8 Å². The molecule has 0 radical (unpaired) electrons. The molecule has 0 saturated carbocycles. The summed E-state index contributed by atoms with van der Waals surface area (Å²) in [5, 5.41) is 11.4. The fourth-order valence-corrected chi connectivity index (χ4v) is 1.93. The van der Waals surface area contributed by atoms with Crippen molar-refractivity contribution in [3.05, 3.63) is 11.9 Å². The number of nitrogens with one attached hydrogen (secondary N) is 1. The van der Waals surface area contributed by atoms with Crippen LogP contribution in [0.3, 0.4) is 0 Å². The van der Waals surface area contributed by atoms with Crippen LogP contribution >= 0.6 is 0 Å². The van der Waals surface area contributed by atoms with E-state index in [1.807, 2.05) is 10.9 Å². The fraction of sp³-hybridized carbons (Fsp3) is 0.818. The number of hydrogen-bond donors (Lipinski definition) is 1. The van der Waals surface area contributed by atoms with Crippen LogP contribution in [0, 0.1) is 0 Å². The van der Waals surface area contributed by atoms with Crippen LogP contribution in [-0.4, -0.2) is 34.2 Å². The Labute approximate surface area is 96.2 Å². The van der Waals surface area contributed by atoms with Gasteiger partial charge in [-0.25, -0.2) is 0 Å². The second-order valence-corrected chi connectivity index (χ2v) is 4.18. The zero-order valence-corrected chi connectivity index (χ0v) is 9.85. The van der Waals surface area contributed by atoms with Crippen LogP contribution in [-0.2, 0) is 17.8 Å². The van der Waals surface area contributed by atoms with Crippen LogP contribution in [0.5, 0.6) is 0 Å². The standard InChI is InChI=1S/C11H20N4O/c1-2-12-8-10-9-15(14-13-10)6-5-11-4-3-7-16-11/h9,11-12H,2-8H2,1H3. The van der Waals surface area contributed by atoms with E-state index in [1.54, 1.807) is 0 Å². The summed E-state index contributed by atoms with van der Waals surface area (Å²) < 4.78 is 7.48. The van der Waals surface area contributed by atoms with Crippen molar-refractivity contribution < 1.29 is 4.74 Å². The first-order valence-electron chi connectivity index (χ1n) is 6.10. The zero-order valence-electron chi connectivity index (χ0n) is 9.85. The van der Waals surface area contributed by atoms with Crippen molar-refractivity contribution in [3.8, 4) is 0 Å². The molecule has 2 rings (SSSR count). The molecule has 1 aliphatic heterocycles. The van der Waals surface area contributed by atoms with Crippen molar-refractivity contribution in [1.82, 2.24) is 20.3 Å². The quantitative estimate of drug-likeness (QED) is 0.782. The smallest absolute Gasteiger partial charge is 0.0964 e.